The standard InChI is InChI=1S/C19H22BrN3O3S2/c1-26-19-5-3-9-22-18(19)14-28-11-7-15(12-23(24)25)6-10-27-13-17-16(20)4-2-8-21-17/h2-5,8-9,12H,6-7,10-11,13-14H2,1H3. The Balaban J connectivity index is 1.75. The van der Waals surface area contributed by atoms with Crippen LogP contribution in [0.3, 0.4) is 0 Å². The van der Waals surface area contributed by atoms with Crippen molar-refractivity contribution in [1.82, 2.24) is 9.97 Å². The van der Waals surface area contributed by atoms with Crippen molar-refractivity contribution in [1.29, 1.82) is 0 Å². The van der Waals surface area contributed by atoms with Gasteiger partial charge in [0.15, 0.2) is 0 Å². The van der Waals surface area contributed by atoms with Crippen molar-refractivity contribution in [3.63, 3.8) is 0 Å². The molecule has 0 aliphatic rings. The molecule has 6 nitrogen and oxygen atoms in total. The van der Waals surface area contributed by atoms with E-state index in [9.17, 15) is 10.1 Å². The molecule has 0 aliphatic carbocycles. The van der Waals surface area contributed by atoms with E-state index in [0.717, 1.165) is 56.4 Å². The highest BCUT2D eigenvalue weighted by Crippen LogP contribution is 2.24. The van der Waals surface area contributed by atoms with Gasteiger partial charge in [0.2, 0.25) is 6.20 Å². The zero-order chi connectivity index (χ0) is 20.2. The number of pyridine rings is 2. The molecule has 0 aromatic carbocycles. The largest absolute Gasteiger partial charge is 0.495 e. The molecule has 0 N–H and O–H groups in total. The van der Waals surface area contributed by atoms with Crippen LogP contribution in [0.1, 0.15) is 24.2 Å². The first kappa shape index (κ1) is 22.7. The van der Waals surface area contributed by atoms with Crippen LogP contribution in [0, 0.1) is 10.1 Å². The third-order valence-corrected chi connectivity index (χ3v) is 6.47. The minimum Gasteiger partial charge on any atom is -0.495 e. The molecule has 0 bridgehead atoms. The number of rotatable bonds is 12. The second-order valence-corrected chi connectivity index (χ2v) is 8.83. The third kappa shape index (κ3) is 8.20. The molecule has 0 saturated carbocycles. The molecule has 0 unspecified atom stereocenters. The lowest BCUT2D eigenvalue weighted by Crippen LogP contribution is -1.97. The van der Waals surface area contributed by atoms with Gasteiger partial charge in [-0.2, -0.15) is 23.5 Å². The van der Waals surface area contributed by atoms with E-state index in [0.29, 0.717) is 12.8 Å². The van der Waals surface area contributed by atoms with Gasteiger partial charge in [-0.3, -0.25) is 20.1 Å². The molecule has 28 heavy (non-hydrogen) atoms. The number of hydrogen-bond acceptors (Lipinski definition) is 7. The van der Waals surface area contributed by atoms with Crippen molar-refractivity contribution < 1.29 is 9.66 Å². The Morgan fingerprint density at radius 1 is 1.14 bits per heavy atom. The van der Waals surface area contributed by atoms with E-state index in [1.807, 2.05) is 24.3 Å². The molecule has 0 amide bonds. The number of ether oxygens (including phenoxy) is 1. The van der Waals surface area contributed by atoms with E-state index in [2.05, 4.69) is 25.9 Å². The number of halogens is 1. The molecule has 0 atom stereocenters. The van der Waals surface area contributed by atoms with Crippen LogP contribution in [0.25, 0.3) is 0 Å². The fraction of sp³-hybridized carbons (Fsp3) is 0.368. The number of aromatic nitrogens is 2. The summed E-state index contributed by atoms with van der Waals surface area (Å²) in [5.41, 5.74) is 2.75. The van der Waals surface area contributed by atoms with Crippen LogP contribution in [-0.4, -0.2) is 33.5 Å². The van der Waals surface area contributed by atoms with E-state index in [4.69, 9.17) is 4.74 Å². The molecular formula is C19H22BrN3O3S2. The van der Waals surface area contributed by atoms with Crippen molar-refractivity contribution in [3.05, 3.63) is 74.4 Å². The van der Waals surface area contributed by atoms with Gasteiger partial charge in [-0.1, -0.05) is 0 Å². The first-order chi connectivity index (χ1) is 13.6. The van der Waals surface area contributed by atoms with Crippen LogP contribution in [0.5, 0.6) is 5.75 Å². The Labute approximate surface area is 181 Å². The zero-order valence-corrected chi connectivity index (χ0v) is 18.8. The molecule has 2 rings (SSSR count). The molecule has 0 fully saturated rings. The molecule has 2 heterocycles. The quantitative estimate of drug-likeness (QED) is 0.228. The summed E-state index contributed by atoms with van der Waals surface area (Å²) in [6.45, 7) is 0. The predicted octanol–water partition coefficient (Wildman–Crippen LogP) is 5.36. The van der Waals surface area contributed by atoms with Crippen LogP contribution < -0.4 is 4.74 Å². The summed E-state index contributed by atoms with van der Waals surface area (Å²) in [5.74, 6) is 3.89. The van der Waals surface area contributed by atoms with Crippen molar-refractivity contribution >= 4 is 39.5 Å². The molecule has 0 aliphatic heterocycles. The van der Waals surface area contributed by atoms with Gasteiger partial charge in [-0.15, -0.1) is 0 Å². The van der Waals surface area contributed by atoms with Gasteiger partial charge in [0, 0.05) is 33.9 Å². The van der Waals surface area contributed by atoms with Crippen LogP contribution in [0.4, 0.5) is 0 Å². The Morgan fingerprint density at radius 3 is 2.36 bits per heavy atom. The Kier molecular flexibility index (Phi) is 10.4. The predicted molar refractivity (Wildman–Crippen MR) is 119 cm³/mol. The van der Waals surface area contributed by atoms with Crippen LogP contribution >= 0.6 is 39.5 Å². The molecule has 2 aromatic rings. The smallest absolute Gasteiger partial charge is 0.233 e. The van der Waals surface area contributed by atoms with Gasteiger partial charge in [0.25, 0.3) is 0 Å². The summed E-state index contributed by atoms with van der Waals surface area (Å²) in [5, 5.41) is 10.9. The van der Waals surface area contributed by atoms with Crippen LogP contribution in [0.15, 0.2) is 52.9 Å². The van der Waals surface area contributed by atoms with Gasteiger partial charge in [-0.25, -0.2) is 0 Å². The first-order valence-corrected chi connectivity index (χ1v) is 11.8. The average Bonchev–Trinajstić information content (AvgIpc) is 2.69. The molecular weight excluding hydrogens is 462 g/mol. The van der Waals surface area contributed by atoms with Gasteiger partial charge in [-0.05, 0) is 64.5 Å². The molecule has 0 spiro atoms. The second-order valence-electron chi connectivity index (χ2n) is 5.76. The Hall–Kier alpha value is -1.58. The summed E-state index contributed by atoms with van der Waals surface area (Å²) in [4.78, 5) is 19.2. The maximum atomic E-state index is 10.9. The fourth-order valence-corrected chi connectivity index (χ4v) is 4.91. The second kappa shape index (κ2) is 12.8. The van der Waals surface area contributed by atoms with Gasteiger partial charge in [0.1, 0.15) is 5.75 Å². The lowest BCUT2D eigenvalue weighted by molar-refractivity contribution is -0.403. The van der Waals surface area contributed by atoms with Crippen molar-refractivity contribution in [2.75, 3.05) is 18.6 Å². The number of allylic oxidation sites excluding steroid dienone is 1. The monoisotopic (exact) mass is 483 g/mol. The fourth-order valence-electron chi connectivity index (χ4n) is 2.39. The highest BCUT2D eigenvalue weighted by molar-refractivity contribution is 9.10. The van der Waals surface area contributed by atoms with Crippen LogP contribution in [-0.2, 0) is 11.5 Å². The van der Waals surface area contributed by atoms with E-state index >= 15 is 0 Å². The topological polar surface area (TPSA) is 78.2 Å². The summed E-state index contributed by atoms with van der Waals surface area (Å²) in [7, 11) is 1.63. The SMILES string of the molecule is COc1cccnc1CSCCC(=C[N+](=O)[O-])CCSCc1ncccc1Br. The van der Waals surface area contributed by atoms with E-state index in [1.165, 1.54) is 0 Å². The van der Waals surface area contributed by atoms with Gasteiger partial charge < -0.3 is 4.74 Å². The highest BCUT2D eigenvalue weighted by Gasteiger charge is 2.08. The lowest BCUT2D eigenvalue weighted by atomic mass is 10.2. The number of nitro groups is 1. The van der Waals surface area contributed by atoms with Crippen molar-refractivity contribution in [3.8, 4) is 5.75 Å². The summed E-state index contributed by atoms with van der Waals surface area (Å²) in [6.07, 6.45) is 6.05. The van der Waals surface area contributed by atoms with Crippen molar-refractivity contribution in [2.45, 2.75) is 24.3 Å². The molecule has 150 valence electrons. The van der Waals surface area contributed by atoms with Gasteiger partial charge >= 0.3 is 0 Å². The Bertz CT molecular complexity index is 805. The third-order valence-electron chi connectivity index (χ3n) is 3.80. The minimum atomic E-state index is -0.359. The minimum absolute atomic E-state index is 0.359. The number of thioether (sulfide) groups is 2. The van der Waals surface area contributed by atoms with Crippen LogP contribution in [0.2, 0.25) is 0 Å². The number of methoxy groups -OCH3 is 1. The van der Waals surface area contributed by atoms with Gasteiger partial charge in [0.05, 0.1) is 23.4 Å². The summed E-state index contributed by atoms with van der Waals surface area (Å²) < 4.78 is 6.29. The maximum absolute atomic E-state index is 10.9. The average molecular weight is 484 g/mol. The zero-order valence-electron chi connectivity index (χ0n) is 15.5. The molecule has 2 aromatic heterocycles. The lowest BCUT2D eigenvalue weighted by Gasteiger charge is -2.08. The molecule has 0 radical (unpaired) electrons. The summed E-state index contributed by atoms with van der Waals surface area (Å²) >= 11 is 6.92. The number of nitrogens with zero attached hydrogens (tertiary/aromatic N) is 3. The molecule has 0 saturated heterocycles. The summed E-state index contributed by atoms with van der Waals surface area (Å²) in [6, 6.07) is 7.58. The Morgan fingerprint density at radius 2 is 1.75 bits per heavy atom. The maximum Gasteiger partial charge on any atom is 0.233 e. The highest BCUT2D eigenvalue weighted by atomic mass is 79.9. The first-order valence-electron chi connectivity index (χ1n) is 8.66. The van der Waals surface area contributed by atoms with E-state index in [-0.39, 0.29) is 4.92 Å². The van der Waals surface area contributed by atoms with E-state index < -0.39 is 0 Å². The number of hydrogen-bond donors (Lipinski definition) is 0. The normalized spacial score (nSPS) is 11.4. The molecule has 9 heteroatoms. The van der Waals surface area contributed by atoms with Crippen molar-refractivity contribution in [2.24, 2.45) is 0 Å². The van der Waals surface area contributed by atoms with E-state index in [1.54, 1.807) is 43.0 Å².